The van der Waals surface area contributed by atoms with Gasteiger partial charge in [-0.25, -0.2) is 4.39 Å². The van der Waals surface area contributed by atoms with Gasteiger partial charge >= 0.3 is 0 Å². The third-order valence-corrected chi connectivity index (χ3v) is 4.82. The molecule has 1 aromatic heterocycles. The number of halogens is 1. The van der Waals surface area contributed by atoms with Gasteiger partial charge in [0.2, 0.25) is 5.43 Å². The van der Waals surface area contributed by atoms with Crippen LogP contribution < -0.4 is 10.2 Å². The number of ether oxygens (including phenoxy) is 1. The van der Waals surface area contributed by atoms with Gasteiger partial charge in [0.15, 0.2) is 0 Å². The van der Waals surface area contributed by atoms with E-state index in [9.17, 15) is 19.4 Å². The minimum Gasteiger partial charge on any atom is -0.507 e. The summed E-state index contributed by atoms with van der Waals surface area (Å²) in [4.78, 5) is 13.1. The highest BCUT2D eigenvalue weighted by atomic mass is 19.1. The predicted molar refractivity (Wildman–Crippen MR) is 94.0 cm³/mol. The van der Waals surface area contributed by atoms with E-state index >= 15 is 0 Å². The van der Waals surface area contributed by atoms with Gasteiger partial charge in [0.1, 0.15) is 40.1 Å². The number of hydrogen-bond acceptors (Lipinski definition) is 5. The normalized spacial score (nSPS) is 18.4. The molecule has 0 spiro atoms. The van der Waals surface area contributed by atoms with Gasteiger partial charge in [0, 0.05) is 18.1 Å². The van der Waals surface area contributed by atoms with Gasteiger partial charge in [-0.1, -0.05) is 12.1 Å². The Bertz CT molecular complexity index is 1070. The van der Waals surface area contributed by atoms with Crippen LogP contribution >= 0.6 is 0 Å². The van der Waals surface area contributed by atoms with Crippen LogP contribution in [0.3, 0.4) is 0 Å². The molecule has 1 atom stereocenters. The molecule has 134 valence electrons. The molecule has 0 bridgehead atoms. The van der Waals surface area contributed by atoms with Crippen LogP contribution in [-0.2, 0) is 6.42 Å². The Morgan fingerprint density at radius 2 is 1.92 bits per heavy atom. The van der Waals surface area contributed by atoms with E-state index in [2.05, 4.69) is 0 Å². The average Bonchev–Trinajstić information content (AvgIpc) is 2.58. The average molecular weight is 356 g/mol. The number of phenols is 1. The van der Waals surface area contributed by atoms with E-state index in [-0.39, 0.29) is 39.9 Å². The molecule has 0 fully saturated rings. The van der Waals surface area contributed by atoms with E-state index in [0.717, 1.165) is 0 Å². The molecule has 2 heterocycles. The highest BCUT2D eigenvalue weighted by molar-refractivity contribution is 5.90. The fraction of sp³-hybridized carbons (Fsp3) is 0.250. The molecule has 5 nitrogen and oxygen atoms in total. The lowest BCUT2D eigenvalue weighted by molar-refractivity contribution is -0.0406. The Morgan fingerprint density at radius 3 is 2.62 bits per heavy atom. The molecule has 6 heteroatoms. The molecule has 0 radical (unpaired) electrons. The van der Waals surface area contributed by atoms with Crippen molar-refractivity contribution in [3.8, 4) is 22.6 Å². The molecule has 0 amide bonds. The summed E-state index contributed by atoms with van der Waals surface area (Å²) >= 11 is 0. The summed E-state index contributed by atoms with van der Waals surface area (Å²) in [5, 5.41) is 20.7. The first-order valence-corrected chi connectivity index (χ1v) is 8.21. The Kier molecular flexibility index (Phi) is 3.56. The van der Waals surface area contributed by atoms with Gasteiger partial charge in [-0.3, -0.25) is 4.79 Å². The second kappa shape index (κ2) is 5.57. The summed E-state index contributed by atoms with van der Waals surface area (Å²) in [7, 11) is 0. The van der Waals surface area contributed by atoms with Crippen LogP contribution in [-0.4, -0.2) is 21.9 Å². The number of aliphatic hydroxyl groups excluding tert-OH is 1. The zero-order valence-corrected chi connectivity index (χ0v) is 14.2. The van der Waals surface area contributed by atoms with E-state index in [0.29, 0.717) is 11.1 Å². The van der Waals surface area contributed by atoms with Gasteiger partial charge in [-0.15, -0.1) is 0 Å². The highest BCUT2D eigenvalue weighted by Crippen LogP contribution is 2.42. The summed E-state index contributed by atoms with van der Waals surface area (Å²) in [6.45, 7) is 3.42. The molecule has 3 aromatic rings. The fourth-order valence-corrected chi connectivity index (χ4v) is 3.19. The molecule has 1 aliphatic rings. The first kappa shape index (κ1) is 16.6. The zero-order chi connectivity index (χ0) is 18.6. The molecule has 1 aliphatic heterocycles. The lowest BCUT2D eigenvalue weighted by atomic mass is 9.89. The number of benzene rings is 2. The SMILES string of the molecule is CC1(C)Oc2c(c(O)cc3occ(-c4ccc(F)cc4)c(=O)c23)CC1O. The standard InChI is InChI=1S/C20H17FO5/c1-20(2)16(23)7-12-14(22)8-15-17(19(12)26-20)18(24)13(9-25-15)10-3-5-11(21)6-4-10/h3-6,8-9,16,22-23H,7H2,1-2H3. The summed E-state index contributed by atoms with van der Waals surface area (Å²) < 4.78 is 24.6. The minimum absolute atomic E-state index is 0.0975. The molecule has 2 N–H and O–H groups in total. The Hall–Kier alpha value is -2.86. The zero-order valence-electron chi connectivity index (χ0n) is 14.2. The van der Waals surface area contributed by atoms with Crippen LogP contribution in [0.25, 0.3) is 22.1 Å². The number of aromatic hydroxyl groups is 1. The Morgan fingerprint density at radius 1 is 1.23 bits per heavy atom. The monoisotopic (exact) mass is 356 g/mol. The molecule has 4 rings (SSSR count). The maximum Gasteiger partial charge on any atom is 0.204 e. The fourth-order valence-electron chi connectivity index (χ4n) is 3.19. The van der Waals surface area contributed by atoms with Crippen molar-refractivity contribution in [3.63, 3.8) is 0 Å². The summed E-state index contributed by atoms with van der Waals surface area (Å²) in [6, 6.07) is 6.87. The van der Waals surface area contributed by atoms with Crippen LogP contribution in [0.5, 0.6) is 11.5 Å². The van der Waals surface area contributed by atoms with Gasteiger partial charge in [0.25, 0.3) is 0 Å². The van der Waals surface area contributed by atoms with E-state index in [1.165, 1.54) is 36.6 Å². The third-order valence-electron chi connectivity index (χ3n) is 4.82. The van der Waals surface area contributed by atoms with E-state index in [4.69, 9.17) is 9.15 Å². The van der Waals surface area contributed by atoms with E-state index < -0.39 is 17.5 Å². The predicted octanol–water partition coefficient (Wildman–Crippen LogP) is 3.38. The van der Waals surface area contributed by atoms with Gasteiger partial charge < -0.3 is 19.4 Å². The highest BCUT2D eigenvalue weighted by Gasteiger charge is 2.38. The van der Waals surface area contributed by atoms with Crippen molar-refractivity contribution < 1.29 is 23.8 Å². The molecular weight excluding hydrogens is 339 g/mol. The van der Waals surface area contributed by atoms with Crippen LogP contribution in [0.4, 0.5) is 4.39 Å². The van der Waals surface area contributed by atoms with Crippen molar-refractivity contribution in [3.05, 3.63) is 58.2 Å². The quantitative estimate of drug-likeness (QED) is 0.699. The minimum atomic E-state index is -0.925. The van der Waals surface area contributed by atoms with Crippen molar-refractivity contribution in [1.82, 2.24) is 0 Å². The molecular formula is C20H17FO5. The van der Waals surface area contributed by atoms with Crippen molar-refractivity contribution in [2.24, 2.45) is 0 Å². The first-order valence-electron chi connectivity index (χ1n) is 8.21. The van der Waals surface area contributed by atoms with Crippen LogP contribution in [0, 0.1) is 5.82 Å². The van der Waals surface area contributed by atoms with Crippen LogP contribution in [0.2, 0.25) is 0 Å². The maximum atomic E-state index is 13.2. The summed E-state index contributed by atoms with van der Waals surface area (Å²) in [5.41, 5.74) is 0.0573. The number of hydrogen-bond donors (Lipinski definition) is 2. The molecule has 0 saturated carbocycles. The van der Waals surface area contributed by atoms with Crippen molar-refractivity contribution >= 4 is 11.0 Å². The first-order chi connectivity index (χ1) is 12.3. The maximum absolute atomic E-state index is 13.2. The smallest absolute Gasteiger partial charge is 0.204 e. The third kappa shape index (κ3) is 2.45. The molecule has 2 aromatic carbocycles. The van der Waals surface area contributed by atoms with Crippen LogP contribution in [0.15, 0.2) is 45.8 Å². The van der Waals surface area contributed by atoms with Crippen molar-refractivity contribution in [1.29, 1.82) is 0 Å². The summed E-state index contributed by atoms with van der Waals surface area (Å²) in [5.74, 6) is -0.284. The molecule has 1 unspecified atom stereocenters. The largest absolute Gasteiger partial charge is 0.507 e. The molecule has 26 heavy (non-hydrogen) atoms. The number of fused-ring (bicyclic) bond motifs is 3. The van der Waals surface area contributed by atoms with Gasteiger partial charge in [-0.2, -0.15) is 0 Å². The molecule has 0 saturated heterocycles. The lowest BCUT2D eigenvalue weighted by Crippen LogP contribution is -2.46. The molecule has 0 aliphatic carbocycles. The Balaban J connectivity index is 2.02. The van der Waals surface area contributed by atoms with Crippen molar-refractivity contribution in [2.75, 3.05) is 0 Å². The lowest BCUT2D eigenvalue weighted by Gasteiger charge is -2.37. The van der Waals surface area contributed by atoms with E-state index in [1.54, 1.807) is 13.8 Å². The number of aliphatic hydroxyl groups is 1. The number of phenolic OH excluding ortho intramolecular Hbond substituents is 1. The van der Waals surface area contributed by atoms with Gasteiger partial charge in [0.05, 0.1) is 11.7 Å². The van der Waals surface area contributed by atoms with Gasteiger partial charge in [-0.05, 0) is 31.5 Å². The van der Waals surface area contributed by atoms with E-state index in [1.807, 2.05) is 0 Å². The second-order valence-corrected chi connectivity index (χ2v) is 6.99. The second-order valence-electron chi connectivity index (χ2n) is 6.99. The van der Waals surface area contributed by atoms with Crippen LogP contribution in [0.1, 0.15) is 19.4 Å². The Labute approximate surface area is 148 Å². The topological polar surface area (TPSA) is 79.9 Å². The van der Waals surface area contributed by atoms with Crippen molar-refractivity contribution in [2.45, 2.75) is 32.0 Å². The number of rotatable bonds is 1. The summed E-state index contributed by atoms with van der Waals surface area (Å²) in [6.07, 6.45) is 0.613.